The first-order valence-corrected chi connectivity index (χ1v) is 8.40. The van der Waals surface area contributed by atoms with Gasteiger partial charge in [-0.05, 0) is 48.9 Å². The first kappa shape index (κ1) is 15.1. The van der Waals surface area contributed by atoms with E-state index < -0.39 is 0 Å². The van der Waals surface area contributed by atoms with E-state index in [1.54, 1.807) is 0 Å². The molecule has 1 aromatic heterocycles. The highest BCUT2D eigenvalue weighted by Crippen LogP contribution is 2.29. The number of hydrogen-bond acceptors (Lipinski definition) is 4. The van der Waals surface area contributed by atoms with Crippen LogP contribution in [-0.4, -0.2) is 30.2 Å². The maximum absolute atomic E-state index is 12.4. The van der Waals surface area contributed by atoms with Gasteiger partial charge in [-0.15, -0.1) is 11.3 Å². The van der Waals surface area contributed by atoms with Crippen LogP contribution in [0.15, 0.2) is 35.7 Å². The minimum Gasteiger partial charge on any atom is -0.393 e. The Kier molecular flexibility index (Phi) is 4.45. The number of nitrogens with zero attached hydrogens (tertiary/aromatic N) is 1. The lowest BCUT2D eigenvalue weighted by molar-refractivity contribution is 0.103. The predicted molar refractivity (Wildman–Crippen MR) is 90.9 cm³/mol. The fraction of sp³-hybridized carbons (Fsp3) is 0.353. The summed E-state index contributed by atoms with van der Waals surface area (Å²) in [6, 6.07) is 9.82. The molecule has 2 aromatic rings. The van der Waals surface area contributed by atoms with Gasteiger partial charge >= 0.3 is 0 Å². The van der Waals surface area contributed by atoms with Crippen molar-refractivity contribution in [1.29, 1.82) is 0 Å². The number of aliphatic hydroxyl groups excluding tert-OH is 1. The van der Waals surface area contributed by atoms with Gasteiger partial charge in [-0.25, -0.2) is 0 Å². The Hall–Kier alpha value is -1.85. The van der Waals surface area contributed by atoms with Crippen LogP contribution in [0.3, 0.4) is 0 Å². The van der Waals surface area contributed by atoms with Crippen molar-refractivity contribution >= 4 is 28.6 Å². The number of benzene rings is 1. The van der Waals surface area contributed by atoms with Gasteiger partial charge in [-0.1, -0.05) is 12.1 Å². The summed E-state index contributed by atoms with van der Waals surface area (Å²) in [7, 11) is 0. The first-order chi connectivity index (χ1) is 10.6. The van der Waals surface area contributed by atoms with Crippen LogP contribution in [0.25, 0.3) is 0 Å². The van der Waals surface area contributed by atoms with E-state index in [1.165, 1.54) is 11.3 Å². The lowest BCUT2D eigenvalue weighted by atomic mass is 10.1. The summed E-state index contributed by atoms with van der Waals surface area (Å²) >= 11 is 1.46. The lowest BCUT2D eigenvalue weighted by Gasteiger charge is -2.32. The van der Waals surface area contributed by atoms with Crippen molar-refractivity contribution in [3.63, 3.8) is 0 Å². The number of thiophene rings is 1. The van der Waals surface area contributed by atoms with Crippen molar-refractivity contribution in [3.8, 4) is 0 Å². The highest BCUT2D eigenvalue weighted by molar-refractivity contribution is 7.12. The number of rotatable bonds is 3. The molecule has 2 heterocycles. The lowest BCUT2D eigenvalue weighted by Crippen LogP contribution is -2.36. The van der Waals surface area contributed by atoms with E-state index in [0.29, 0.717) is 0 Å². The summed E-state index contributed by atoms with van der Waals surface area (Å²) < 4.78 is 0. The SMILES string of the molecule is Cc1ccsc1C(=O)Nc1ccccc1N1CCC(O)CC1. The van der Waals surface area contributed by atoms with Gasteiger partial charge in [0.25, 0.3) is 5.91 Å². The van der Waals surface area contributed by atoms with Gasteiger partial charge in [0.05, 0.1) is 22.4 Å². The van der Waals surface area contributed by atoms with Gasteiger partial charge in [-0.3, -0.25) is 4.79 Å². The third-order valence-corrected chi connectivity index (χ3v) is 5.04. The van der Waals surface area contributed by atoms with Crippen molar-refractivity contribution < 1.29 is 9.90 Å². The van der Waals surface area contributed by atoms with Crippen molar-refractivity contribution in [1.82, 2.24) is 0 Å². The second-order valence-electron chi connectivity index (χ2n) is 5.62. The van der Waals surface area contributed by atoms with Crippen LogP contribution in [0.2, 0.25) is 0 Å². The molecule has 22 heavy (non-hydrogen) atoms. The first-order valence-electron chi connectivity index (χ1n) is 7.52. The van der Waals surface area contributed by atoms with Gasteiger partial charge < -0.3 is 15.3 Å². The summed E-state index contributed by atoms with van der Waals surface area (Å²) in [6.45, 7) is 3.57. The van der Waals surface area contributed by atoms with Gasteiger partial charge in [0.15, 0.2) is 0 Å². The number of nitrogens with one attached hydrogen (secondary N) is 1. The maximum atomic E-state index is 12.4. The Morgan fingerprint density at radius 1 is 1.27 bits per heavy atom. The average Bonchev–Trinajstić information content (AvgIpc) is 2.95. The van der Waals surface area contributed by atoms with Crippen molar-refractivity contribution in [2.45, 2.75) is 25.9 Å². The standard InChI is InChI=1S/C17H20N2O2S/c1-12-8-11-22-16(12)17(21)18-14-4-2-3-5-15(14)19-9-6-13(20)7-10-19/h2-5,8,11,13,20H,6-7,9-10H2,1H3,(H,18,21). The molecule has 0 radical (unpaired) electrons. The second-order valence-corrected chi connectivity index (χ2v) is 6.54. The zero-order chi connectivity index (χ0) is 15.5. The molecule has 0 atom stereocenters. The number of para-hydroxylation sites is 2. The highest BCUT2D eigenvalue weighted by atomic mass is 32.1. The summed E-state index contributed by atoms with van der Waals surface area (Å²) in [5, 5.41) is 14.6. The highest BCUT2D eigenvalue weighted by Gasteiger charge is 2.20. The van der Waals surface area contributed by atoms with Crippen LogP contribution in [0.4, 0.5) is 11.4 Å². The van der Waals surface area contributed by atoms with E-state index in [-0.39, 0.29) is 12.0 Å². The number of carbonyl (C=O) groups is 1. The molecule has 1 aliphatic heterocycles. The molecule has 1 aromatic carbocycles. The third-order valence-electron chi connectivity index (χ3n) is 4.03. The number of aryl methyl sites for hydroxylation is 1. The fourth-order valence-corrected chi connectivity index (χ4v) is 3.57. The van der Waals surface area contributed by atoms with Gasteiger partial charge in [-0.2, -0.15) is 0 Å². The maximum Gasteiger partial charge on any atom is 0.266 e. The molecular weight excluding hydrogens is 296 g/mol. The molecule has 0 saturated carbocycles. The van der Waals surface area contributed by atoms with Crippen molar-refractivity contribution in [2.24, 2.45) is 0 Å². The van der Waals surface area contributed by atoms with Crippen LogP contribution in [-0.2, 0) is 0 Å². The third kappa shape index (κ3) is 3.15. The molecule has 1 amide bonds. The fourth-order valence-electron chi connectivity index (χ4n) is 2.75. The summed E-state index contributed by atoms with van der Waals surface area (Å²) in [4.78, 5) is 15.4. The molecule has 0 unspecified atom stereocenters. The van der Waals surface area contributed by atoms with Crippen LogP contribution < -0.4 is 10.2 Å². The normalized spacial score (nSPS) is 15.8. The Labute approximate surface area is 134 Å². The molecule has 5 heteroatoms. The molecule has 1 saturated heterocycles. The Morgan fingerprint density at radius 3 is 2.68 bits per heavy atom. The molecule has 0 spiro atoms. The number of hydrogen-bond donors (Lipinski definition) is 2. The van der Waals surface area contributed by atoms with Gasteiger partial charge in [0.1, 0.15) is 0 Å². The van der Waals surface area contributed by atoms with E-state index in [9.17, 15) is 9.90 Å². The van der Waals surface area contributed by atoms with E-state index >= 15 is 0 Å². The van der Waals surface area contributed by atoms with Crippen molar-refractivity contribution in [2.75, 3.05) is 23.3 Å². The number of amides is 1. The molecule has 4 nitrogen and oxygen atoms in total. The molecule has 0 bridgehead atoms. The predicted octanol–water partition coefficient (Wildman–Crippen LogP) is 3.27. The topological polar surface area (TPSA) is 52.6 Å². The number of carbonyl (C=O) groups excluding carboxylic acids is 1. The minimum absolute atomic E-state index is 0.0583. The molecular formula is C17H20N2O2S. The second kappa shape index (κ2) is 6.50. The van der Waals surface area contributed by atoms with E-state index in [0.717, 1.165) is 47.7 Å². The van der Waals surface area contributed by atoms with Crippen LogP contribution in [0.1, 0.15) is 28.1 Å². The molecule has 116 valence electrons. The summed E-state index contributed by atoms with van der Waals surface area (Å²) in [6.07, 6.45) is 1.34. The molecule has 0 aliphatic carbocycles. The monoisotopic (exact) mass is 316 g/mol. The molecule has 1 fully saturated rings. The van der Waals surface area contributed by atoms with Gasteiger partial charge in [0, 0.05) is 13.1 Å². The smallest absolute Gasteiger partial charge is 0.266 e. The zero-order valence-electron chi connectivity index (χ0n) is 12.6. The Balaban J connectivity index is 1.80. The zero-order valence-corrected chi connectivity index (χ0v) is 13.4. The number of anilines is 2. The van der Waals surface area contributed by atoms with Crippen molar-refractivity contribution in [3.05, 3.63) is 46.2 Å². The summed E-state index contributed by atoms with van der Waals surface area (Å²) in [5.41, 5.74) is 2.86. The molecule has 3 rings (SSSR count). The number of aliphatic hydroxyl groups is 1. The minimum atomic E-state index is -0.202. The average molecular weight is 316 g/mol. The van der Waals surface area contributed by atoms with Gasteiger partial charge in [0.2, 0.25) is 0 Å². The summed E-state index contributed by atoms with van der Waals surface area (Å²) in [5.74, 6) is -0.0583. The Bertz CT molecular complexity index is 660. The number of piperidine rings is 1. The largest absolute Gasteiger partial charge is 0.393 e. The van der Waals surface area contributed by atoms with Crippen LogP contribution in [0, 0.1) is 6.92 Å². The van der Waals surface area contributed by atoms with Crippen LogP contribution in [0.5, 0.6) is 0 Å². The van der Waals surface area contributed by atoms with E-state index in [1.807, 2.05) is 42.6 Å². The van der Waals surface area contributed by atoms with Crippen LogP contribution >= 0.6 is 11.3 Å². The van der Waals surface area contributed by atoms with E-state index in [4.69, 9.17) is 0 Å². The quantitative estimate of drug-likeness (QED) is 0.914. The van der Waals surface area contributed by atoms with E-state index in [2.05, 4.69) is 10.2 Å². The molecule has 2 N–H and O–H groups in total. The Morgan fingerprint density at radius 2 is 2.00 bits per heavy atom. The molecule has 1 aliphatic rings.